The number of nitrogens with one attached hydrogen (secondary N) is 1. The number of benzene rings is 1. The Labute approximate surface area is 118 Å². The lowest BCUT2D eigenvalue weighted by Gasteiger charge is -2.20. The summed E-state index contributed by atoms with van der Waals surface area (Å²) in [6.45, 7) is 3.37. The molecule has 2 rings (SSSR count). The van der Waals surface area contributed by atoms with Crippen molar-refractivity contribution < 1.29 is 0 Å². The molecule has 1 aromatic carbocycles. The second-order valence-electron chi connectivity index (χ2n) is 6.00. The first-order valence-corrected chi connectivity index (χ1v) is 8.18. The van der Waals surface area contributed by atoms with E-state index in [2.05, 4.69) is 42.6 Å². The highest BCUT2D eigenvalue weighted by atomic mass is 14.9. The van der Waals surface area contributed by atoms with Crippen LogP contribution in [0.4, 0.5) is 0 Å². The minimum absolute atomic E-state index is 0.558. The van der Waals surface area contributed by atoms with E-state index in [1.165, 1.54) is 56.9 Å². The molecule has 1 N–H and O–H groups in total. The average Bonchev–Trinajstić information content (AvgIpc) is 2.97. The van der Waals surface area contributed by atoms with Gasteiger partial charge in [-0.15, -0.1) is 0 Å². The van der Waals surface area contributed by atoms with E-state index >= 15 is 0 Å². The molecule has 1 saturated carbocycles. The van der Waals surface area contributed by atoms with Gasteiger partial charge in [-0.05, 0) is 30.9 Å². The Balaban J connectivity index is 1.79. The monoisotopic (exact) mass is 259 g/mol. The van der Waals surface area contributed by atoms with E-state index in [9.17, 15) is 0 Å². The molecule has 0 aromatic heterocycles. The van der Waals surface area contributed by atoms with Crippen LogP contribution in [0.5, 0.6) is 0 Å². The first-order valence-electron chi connectivity index (χ1n) is 8.18. The molecule has 106 valence electrons. The molecule has 1 atom stereocenters. The molecule has 0 radical (unpaired) electrons. The van der Waals surface area contributed by atoms with Gasteiger partial charge in [0, 0.05) is 6.04 Å². The fourth-order valence-electron chi connectivity index (χ4n) is 3.30. The highest BCUT2D eigenvalue weighted by molar-refractivity contribution is 5.18. The van der Waals surface area contributed by atoms with Crippen LogP contribution in [0.2, 0.25) is 0 Å². The van der Waals surface area contributed by atoms with Crippen LogP contribution >= 0.6 is 0 Å². The summed E-state index contributed by atoms with van der Waals surface area (Å²) in [5, 5.41) is 3.71. The zero-order chi connectivity index (χ0) is 13.3. The molecule has 1 unspecified atom stereocenters. The summed E-state index contributed by atoms with van der Waals surface area (Å²) < 4.78 is 0. The van der Waals surface area contributed by atoms with Crippen LogP contribution in [0, 0.1) is 5.92 Å². The minimum atomic E-state index is 0.558. The molecule has 0 aliphatic heterocycles. The fraction of sp³-hybridized carbons (Fsp3) is 0.667. The van der Waals surface area contributed by atoms with E-state index < -0.39 is 0 Å². The number of hydrogen-bond acceptors (Lipinski definition) is 1. The van der Waals surface area contributed by atoms with Crippen LogP contribution in [-0.4, -0.2) is 6.54 Å². The van der Waals surface area contributed by atoms with Crippen molar-refractivity contribution in [2.45, 2.75) is 64.3 Å². The molecule has 1 nitrogen and oxygen atoms in total. The minimum Gasteiger partial charge on any atom is -0.310 e. The number of hydrogen-bond donors (Lipinski definition) is 1. The molecule has 19 heavy (non-hydrogen) atoms. The molecule has 1 heteroatoms. The fourth-order valence-corrected chi connectivity index (χ4v) is 3.30. The van der Waals surface area contributed by atoms with Crippen molar-refractivity contribution in [1.82, 2.24) is 5.32 Å². The molecule has 1 aliphatic rings. The van der Waals surface area contributed by atoms with Crippen molar-refractivity contribution in [1.29, 1.82) is 0 Å². The third-order valence-electron chi connectivity index (χ3n) is 4.42. The van der Waals surface area contributed by atoms with Gasteiger partial charge in [0.2, 0.25) is 0 Å². The smallest absolute Gasteiger partial charge is 0.0320 e. The van der Waals surface area contributed by atoms with Crippen molar-refractivity contribution in [2.75, 3.05) is 6.54 Å². The SMILES string of the molecule is CCCNC(CCCC1CCCC1)c1ccccc1. The van der Waals surface area contributed by atoms with E-state index in [-0.39, 0.29) is 0 Å². The van der Waals surface area contributed by atoms with Gasteiger partial charge >= 0.3 is 0 Å². The van der Waals surface area contributed by atoms with Crippen molar-refractivity contribution in [3.05, 3.63) is 35.9 Å². The van der Waals surface area contributed by atoms with Crippen molar-refractivity contribution in [2.24, 2.45) is 5.92 Å². The summed E-state index contributed by atoms with van der Waals surface area (Å²) in [6, 6.07) is 11.5. The number of rotatable bonds is 8. The van der Waals surface area contributed by atoms with Crippen LogP contribution < -0.4 is 5.32 Å². The molecular formula is C18H29N. The molecule has 0 amide bonds. The maximum atomic E-state index is 3.71. The largest absolute Gasteiger partial charge is 0.310 e. The zero-order valence-corrected chi connectivity index (χ0v) is 12.4. The normalized spacial score (nSPS) is 17.7. The van der Waals surface area contributed by atoms with Crippen molar-refractivity contribution in [3.63, 3.8) is 0 Å². The van der Waals surface area contributed by atoms with Crippen LogP contribution in [0.25, 0.3) is 0 Å². The lowest BCUT2D eigenvalue weighted by Crippen LogP contribution is -2.22. The Kier molecular flexibility index (Phi) is 6.43. The highest BCUT2D eigenvalue weighted by Crippen LogP contribution is 2.30. The van der Waals surface area contributed by atoms with Gasteiger partial charge in [-0.1, -0.05) is 75.8 Å². The predicted octanol–water partition coefficient (Wildman–Crippen LogP) is 5.09. The van der Waals surface area contributed by atoms with Gasteiger partial charge in [-0.25, -0.2) is 0 Å². The molecule has 0 bridgehead atoms. The van der Waals surface area contributed by atoms with Gasteiger partial charge in [0.25, 0.3) is 0 Å². The Morgan fingerprint density at radius 2 is 1.89 bits per heavy atom. The van der Waals surface area contributed by atoms with Gasteiger partial charge in [0.05, 0.1) is 0 Å². The van der Waals surface area contributed by atoms with Gasteiger partial charge in [0.1, 0.15) is 0 Å². The topological polar surface area (TPSA) is 12.0 Å². The van der Waals surface area contributed by atoms with Crippen LogP contribution in [0.3, 0.4) is 0 Å². The van der Waals surface area contributed by atoms with E-state index in [0.717, 1.165) is 12.5 Å². The van der Waals surface area contributed by atoms with Crippen LogP contribution in [-0.2, 0) is 0 Å². The molecule has 0 saturated heterocycles. The lowest BCUT2D eigenvalue weighted by molar-refractivity contribution is 0.423. The van der Waals surface area contributed by atoms with Gasteiger partial charge < -0.3 is 5.32 Å². The summed E-state index contributed by atoms with van der Waals surface area (Å²) in [6.07, 6.45) is 11.2. The summed E-state index contributed by atoms with van der Waals surface area (Å²) in [5.74, 6) is 1.03. The predicted molar refractivity (Wildman–Crippen MR) is 83.3 cm³/mol. The maximum absolute atomic E-state index is 3.71. The second kappa shape index (κ2) is 8.37. The quantitative estimate of drug-likeness (QED) is 0.686. The summed E-state index contributed by atoms with van der Waals surface area (Å²) in [4.78, 5) is 0. The van der Waals surface area contributed by atoms with E-state index in [1.807, 2.05) is 0 Å². The summed E-state index contributed by atoms with van der Waals surface area (Å²) >= 11 is 0. The molecular weight excluding hydrogens is 230 g/mol. The van der Waals surface area contributed by atoms with Crippen LogP contribution in [0.1, 0.15) is 69.9 Å². The van der Waals surface area contributed by atoms with Gasteiger partial charge in [-0.2, -0.15) is 0 Å². The van der Waals surface area contributed by atoms with Crippen molar-refractivity contribution in [3.8, 4) is 0 Å². The summed E-state index contributed by atoms with van der Waals surface area (Å²) in [7, 11) is 0. The Bertz CT molecular complexity index is 327. The van der Waals surface area contributed by atoms with Gasteiger partial charge in [-0.3, -0.25) is 0 Å². The maximum Gasteiger partial charge on any atom is 0.0320 e. The first kappa shape index (κ1) is 14.6. The third kappa shape index (κ3) is 4.99. The van der Waals surface area contributed by atoms with Gasteiger partial charge in [0.15, 0.2) is 0 Å². The van der Waals surface area contributed by atoms with E-state index in [1.54, 1.807) is 0 Å². The average molecular weight is 259 g/mol. The third-order valence-corrected chi connectivity index (χ3v) is 4.42. The highest BCUT2D eigenvalue weighted by Gasteiger charge is 2.16. The Morgan fingerprint density at radius 1 is 1.16 bits per heavy atom. The molecule has 0 spiro atoms. The summed E-state index contributed by atoms with van der Waals surface area (Å²) in [5.41, 5.74) is 1.46. The molecule has 1 aromatic rings. The standard InChI is InChI=1S/C18H29N/c1-2-15-19-18(17-12-4-3-5-13-17)14-8-11-16-9-6-7-10-16/h3-5,12-13,16,18-19H,2,6-11,14-15H2,1H3. The van der Waals surface area contributed by atoms with Crippen molar-refractivity contribution >= 4 is 0 Å². The Hall–Kier alpha value is -0.820. The Morgan fingerprint density at radius 3 is 2.58 bits per heavy atom. The molecule has 0 heterocycles. The molecule has 1 aliphatic carbocycles. The van der Waals surface area contributed by atoms with E-state index in [0.29, 0.717) is 6.04 Å². The zero-order valence-electron chi connectivity index (χ0n) is 12.4. The lowest BCUT2D eigenvalue weighted by atomic mass is 9.95. The van der Waals surface area contributed by atoms with Crippen LogP contribution in [0.15, 0.2) is 30.3 Å². The second-order valence-corrected chi connectivity index (χ2v) is 6.00. The first-order chi connectivity index (χ1) is 9.40. The molecule has 1 fully saturated rings. The van der Waals surface area contributed by atoms with E-state index in [4.69, 9.17) is 0 Å².